The van der Waals surface area contributed by atoms with E-state index >= 15 is 0 Å². The molecule has 4 heteroatoms. The monoisotopic (exact) mass is 283 g/mol. The van der Waals surface area contributed by atoms with Gasteiger partial charge in [0.05, 0.1) is 6.61 Å². The minimum Gasteiger partial charge on any atom is -0.494 e. The maximum absolute atomic E-state index is 11.9. The molecule has 19 heavy (non-hydrogen) atoms. The van der Waals surface area contributed by atoms with Crippen molar-refractivity contribution >= 4 is 17.5 Å². The number of rotatable bonds is 8. The number of carbonyl (C=O) groups excluding carboxylic acids is 1. The van der Waals surface area contributed by atoms with E-state index in [0.717, 1.165) is 24.2 Å². The Morgan fingerprint density at radius 3 is 2.74 bits per heavy atom. The summed E-state index contributed by atoms with van der Waals surface area (Å²) in [4.78, 5) is 13.7. The van der Waals surface area contributed by atoms with Crippen LogP contribution >= 0.6 is 11.6 Å². The van der Waals surface area contributed by atoms with Gasteiger partial charge in [0.1, 0.15) is 5.75 Å². The predicted molar refractivity (Wildman–Crippen MR) is 78.7 cm³/mol. The summed E-state index contributed by atoms with van der Waals surface area (Å²) in [5, 5.41) is 0. The number of hydrogen-bond donors (Lipinski definition) is 0. The van der Waals surface area contributed by atoms with Gasteiger partial charge < -0.3 is 9.64 Å². The minimum absolute atomic E-state index is 0.149. The fourth-order valence-electron chi connectivity index (χ4n) is 1.84. The van der Waals surface area contributed by atoms with Crippen molar-refractivity contribution in [1.82, 2.24) is 4.90 Å². The zero-order valence-electron chi connectivity index (χ0n) is 11.7. The SMILES string of the molecule is CCOc1ccccc1CN(C)C(=O)CCCCCl. The maximum Gasteiger partial charge on any atom is 0.222 e. The third-order valence-corrected chi connectivity index (χ3v) is 3.15. The summed E-state index contributed by atoms with van der Waals surface area (Å²) in [7, 11) is 1.83. The van der Waals surface area contributed by atoms with Crippen molar-refractivity contribution in [3.63, 3.8) is 0 Å². The zero-order chi connectivity index (χ0) is 14.1. The molecule has 1 amide bonds. The van der Waals surface area contributed by atoms with Gasteiger partial charge in [0, 0.05) is 31.5 Å². The van der Waals surface area contributed by atoms with E-state index in [2.05, 4.69) is 0 Å². The first-order valence-corrected chi connectivity index (χ1v) is 7.23. The van der Waals surface area contributed by atoms with Crippen LogP contribution < -0.4 is 4.74 Å². The largest absolute Gasteiger partial charge is 0.494 e. The van der Waals surface area contributed by atoms with Gasteiger partial charge in [-0.1, -0.05) is 18.2 Å². The summed E-state index contributed by atoms with van der Waals surface area (Å²) in [6, 6.07) is 7.83. The Morgan fingerprint density at radius 1 is 1.32 bits per heavy atom. The normalized spacial score (nSPS) is 10.3. The number of ether oxygens (including phenoxy) is 1. The molecule has 0 unspecified atom stereocenters. The molecule has 0 atom stereocenters. The number of carbonyl (C=O) groups is 1. The van der Waals surface area contributed by atoms with Crippen molar-refractivity contribution < 1.29 is 9.53 Å². The van der Waals surface area contributed by atoms with Crippen LogP contribution in [0.2, 0.25) is 0 Å². The van der Waals surface area contributed by atoms with E-state index in [9.17, 15) is 4.79 Å². The summed E-state index contributed by atoms with van der Waals surface area (Å²) < 4.78 is 5.56. The smallest absolute Gasteiger partial charge is 0.222 e. The van der Waals surface area contributed by atoms with Crippen LogP contribution in [0.25, 0.3) is 0 Å². The van der Waals surface area contributed by atoms with Gasteiger partial charge in [0.25, 0.3) is 0 Å². The van der Waals surface area contributed by atoms with Crippen molar-refractivity contribution in [2.24, 2.45) is 0 Å². The van der Waals surface area contributed by atoms with E-state index in [1.807, 2.05) is 38.2 Å². The van der Waals surface area contributed by atoms with Gasteiger partial charge in [-0.05, 0) is 25.8 Å². The Hall–Kier alpha value is -1.22. The van der Waals surface area contributed by atoms with Crippen LogP contribution in [0.15, 0.2) is 24.3 Å². The first-order valence-electron chi connectivity index (χ1n) is 6.69. The predicted octanol–water partition coefficient (Wildman–Crippen LogP) is 3.45. The number of alkyl halides is 1. The number of amides is 1. The Balaban J connectivity index is 2.55. The molecule has 0 spiro atoms. The van der Waals surface area contributed by atoms with Crippen molar-refractivity contribution in [1.29, 1.82) is 0 Å². The molecule has 1 aromatic rings. The minimum atomic E-state index is 0.149. The number of halogens is 1. The molecule has 0 saturated carbocycles. The van der Waals surface area contributed by atoms with Crippen molar-refractivity contribution in [2.45, 2.75) is 32.7 Å². The highest BCUT2D eigenvalue weighted by molar-refractivity contribution is 6.17. The summed E-state index contributed by atoms with van der Waals surface area (Å²) >= 11 is 5.61. The van der Waals surface area contributed by atoms with Gasteiger partial charge in [0.2, 0.25) is 5.91 Å². The highest BCUT2D eigenvalue weighted by atomic mass is 35.5. The van der Waals surface area contributed by atoms with E-state index in [-0.39, 0.29) is 5.91 Å². The number of benzene rings is 1. The molecule has 0 bridgehead atoms. The molecular weight excluding hydrogens is 262 g/mol. The molecule has 0 saturated heterocycles. The quantitative estimate of drug-likeness (QED) is 0.540. The van der Waals surface area contributed by atoms with Crippen LogP contribution in [0.3, 0.4) is 0 Å². The molecule has 0 aliphatic carbocycles. The molecule has 0 heterocycles. The van der Waals surface area contributed by atoms with Gasteiger partial charge in [0.15, 0.2) is 0 Å². The van der Waals surface area contributed by atoms with Crippen LogP contribution in [0.5, 0.6) is 5.75 Å². The third-order valence-electron chi connectivity index (χ3n) is 2.88. The average molecular weight is 284 g/mol. The molecule has 0 aliphatic heterocycles. The molecule has 0 radical (unpaired) electrons. The van der Waals surface area contributed by atoms with E-state index < -0.39 is 0 Å². The van der Waals surface area contributed by atoms with Crippen LogP contribution in [-0.2, 0) is 11.3 Å². The number of para-hydroxylation sites is 1. The number of unbranched alkanes of at least 4 members (excludes halogenated alkanes) is 1. The van der Waals surface area contributed by atoms with E-state index in [0.29, 0.717) is 25.5 Å². The standard InChI is InChI=1S/C15H22ClNO2/c1-3-19-14-9-5-4-8-13(14)12-17(2)15(18)10-6-7-11-16/h4-5,8-9H,3,6-7,10-12H2,1-2H3. The molecule has 0 aromatic heterocycles. The highest BCUT2D eigenvalue weighted by Crippen LogP contribution is 2.19. The molecule has 106 valence electrons. The lowest BCUT2D eigenvalue weighted by atomic mass is 10.1. The van der Waals surface area contributed by atoms with Crippen molar-refractivity contribution in [3.05, 3.63) is 29.8 Å². The van der Waals surface area contributed by atoms with Crippen LogP contribution in [0.4, 0.5) is 0 Å². The van der Waals surface area contributed by atoms with Gasteiger partial charge in [-0.3, -0.25) is 4.79 Å². The Labute approximate surface area is 120 Å². The lowest BCUT2D eigenvalue weighted by Crippen LogP contribution is -2.26. The Morgan fingerprint density at radius 2 is 2.05 bits per heavy atom. The lowest BCUT2D eigenvalue weighted by Gasteiger charge is -2.19. The number of hydrogen-bond acceptors (Lipinski definition) is 2. The molecule has 1 aromatic carbocycles. The van der Waals surface area contributed by atoms with Gasteiger partial charge in [-0.15, -0.1) is 11.6 Å². The van der Waals surface area contributed by atoms with Crippen molar-refractivity contribution in [3.8, 4) is 5.75 Å². The van der Waals surface area contributed by atoms with E-state index in [1.165, 1.54) is 0 Å². The Kier molecular flexibility index (Phi) is 7.34. The number of nitrogens with zero attached hydrogens (tertiary/aromatic N) is 1. The van der Waals surface area contributed by atoms with Crippen LogP contribution in [0, 0.1) is 0 Å². The first kappa shape index (κ1) is 15.8. The van der Waals surface area contributed by atoms with Gasteiger partial charge >= 0.3 is 0 Å². The first-order chi connectivity index (χ1) is 9.19. The molecule has 3 nitrogen and oxygen atoms in total. The fourth-order valence-corrected chi connectivity index (χ4v) is 2.03. The Bertz CT molecular complexity index is 395. The zero-order valence-corrected chi connectivity index (χ0v) is 12.4. The van der Waals surface area contributed by atoms with Gasteiger partial charge in [-0.25, -0.2) is 0 Å². The van der Waals surface area contributed by atoms with Crippen LogP contribution in [0.1, 0.15) is 31.7 Å². The van der Waals surface area contributed by atoms with Crippen molar-refractivity contribution in [2.75, 3.05) is 19.5 Å². The third kappa shape index (κ3) is 5.52. The second-order valence-corrected chi connectivity index (χ2v) is 4.81. The molecule has 0 aliphatic rings. The lowest BCUT2D eigenvalue weighted by molar-refractivity contribution is -0.130. The highest BCUT2D eigenvalue weighted by Gasteiger charge is 2.11. The molecule has 0 N–H and O–H groups in total. The summed E-state index contributed by atoms with van der Waals surface area (Å²) in [5.41, 5.74) is 1.04. The summed E-state index contributed by atoms with van der Waals surface area (Å²) in [6.07, 6.45) is 2.29. The van der Waals surface area contributed by atoms with E-state index in [1.54, 1.807) is 4.90 Å². The van der Waals surface area contributed by atoms with E-state index in [4.69, 9.17) is 16.3 Å². The topological polar surface area (TPSA) is 29.5 Å². The average Bonchev–Trinajstić information content (AvgIpc) is 2.41. The maximum atomic E-state index is 11.9. The second kappa shape index (κ2) is 8.81. The second-order valence-electron chi connectivity index (χ2n) is 4.44. The molecular formula is C15H22ClNO2. The molecule has 0 fully saturated rings. The fraction of sp³-hybridized carbons (Fsp3) is 0.533. The molecule has 1 rings (SSSR count). The summed E-state index contributed by atoms with van der Waals surface area (Å²) in [5.74, 6) is 1.62. The van der Waals surface area contributed by atoms with Crippen LogP contribution in [-0.4, -0.2) is 30.3 Å². The summed E-state index contributed by atoms with van der Waals surface area (Å²) in [6.45, 7) is 3.16. The van der Waals surface area contributed by atoms with Gasteiger partial charge in [-0.2, -0.15) is 0 Å².